The molecule has 0 saturated carbocycles. The van der Waals surface area contributed by atoms with Gasteiger partial charge in [-0.1, -0.05) is 26.0 Å². The maximum absolute atomic E-state index is 8.79. The van der Waals surface area contributed by atoms with Crippen molar-refractivity contribution in [3.8, 4) is 5.75 Å². The van der Waals surface area contributed by atoms with E-state index in [0.29, 0.717) is 12.3 Å². The molecular formula is C13H21NO2. The van der Waals surface area contributed by atoms with E-state index in [0.717, 1.165) is 17.9 Å². The van der Waals surface area contributed by atoms with Crippen LogP contribution in [-0.2, 0) is 0 Å². The Kier molecular flexibility index (Phi) is 5.29. The molecule has 0 spiro atoms. The normalized spacial score (nSPS) is 12.8. The quantitative estimate of drug-likeness (QED) is 0.776. The number of hydrogen-bond acceptors (Lipinski definition) is 3. The highest BCUT2D eigenvalue weighted by Gasteiger charge is 2.05. The maximum atomic E-state index is 8.79. The second kappa shape index (κ2) is 6.51. The van der Waals surface area contributed by atoms with Crippen molar-refractivity contribution in [3.05, 3.63) is 29.8 Å². The van der Waals surface area contributed by atoms with Crippen molar-refractivity contribution in [2.45, 2.75) is 26.3 Å². The molecule has 1 atom stereocenters. The van der Waals surface area contributed by atoms with Crippen molar-refractivity contribution >= 4 is 0 Å². The van der Waals surface area contributed by atoms with Gasteiger partial charge in [-0.15, -0.1) is 0 Å². The molecule has 0 aromatic heterocycles. The van der Waals surface area contributed by atoms with E-state index in [2.05, 4.69) is 13.8 Å². The van der Waals surface area contributed by atoms with Crippen LogP contribution in [0.2, 0.25) is 0 Å². The number of aliphatic hydroxyl groups is 1. The van der Waals surface area contributed by atoms with Gasteiger partial charge < -0.3 is 15.6 Å². The van der Waals surface area contributed by atoms with Gasteiger partial charge in [0.2, 0.25) is 0 Å². The standard InChI is InChI=1S/C13H21NO2/c1-10(2)9-16-12-5-3-11(4-6-12)13(14)7-8-15/h3-6,10,13,15H,7-9,14H2,1-2H3. The Morgan fingerprint density at radius 3 is 2.38 bits per heavy atom. The highest BCUT2D eigenvalue weighted by molar-refractivity contribution is 5.29. The summed E-state index contributed by atoms with van der Waals surface area (Å²) in [6.45, 7) is 5.08. The summed E-state index contributed by atoms with van der Waals surface area (Å²) in [5, 5.41) is 8.79. The van der Waals surface area contributed by atoms with Gasteiger partial charge in [-0.05, 0) is 30.0 Å². The first-order chi connectivity index (χ1) is 7.63. The first kappa shape index (κ1) is 13.0. The van der Waals surface area contributed by atoms with E-state index in [-0.39, 0.29) is 12.6 Å². The number of rotatable bonds is 6. The summed E-state index contributed by atoms with van der Waals surface area (Å²) in [6, 6.07) is 7.67. The summed E-state index contributed by atoms with van der Waals surface area (Å²) in [5.41, 5.74) is 6.91. The largest absolute Gasteiger partial charge is 0.493 e. The van der Waals surface area contributed by atoms with Gasteiger partial charge in [0.1, 0.15) is 5.75 Å². The summed E-state index contributed by atoms with van der Waals surface area (Å²) in [6.07, 6.45) is 0.589. The van der Waals surface area contributed by atoms with E-state index in [9.17, 15) is 0 Å². The average Bonchev–Trinajstić information content (AvgIpc) is 2.27. The molecular weight excluding hydrogens is 202 g/mol. The summed E-state index contributed by atoms with van der Waals surface area (Å²) < 4.78 is 5.57. The minimum absolute atomic E-state index is 0.0934. The van der Waals surface area contributed by atoms with Crippen molar-refractivity contribution in [2.24, 2.45) is 11.7 Å². The Bertz CT molecular complexity index is 295. The Balaban J connectivity index is 2.53. The lowest BCUT2D eigenvalue weighted by Crippen LogP contribution is -2.11. The lowest BCUT2D eigenvalue weighted by Gasteiger charge is -2.12. The fourth-order valence-corrected chi connectivity index (χ4v) is 1.38. The first-order valence-corrected chi connectivity index (χ1v) is 5.72. The lowest BCUT2D eigenvalue weighted by atomic mass is 10.1. The summed E-state index contributed by atoms with van der Waals surface area (Å²) in [4.78, 5) is 0. The molecule has 1 aromatic carbocycles. The Morgan fingerprint density at radius 1 is 1.25 bits per heavy atom. The highest BCUT2D eigenvalue weighted by Crippen LogP contribution is 2.18. The third-order valence-corrected chi connectivity index (χ3v) is 2.33. The van der Waals surface area contributed by atoms with Crippen molar-refractivity contribution < 1.29 is 9.84 Å². The lowest BCUT2D eigenvalue weighted by molar-refractivity contribution is 0.270. The van der Waals surface area contributed by atoms with Gasteiger partial charge in [0.25, 0.3) is 0 Å². The molecule has 0 aliphatic rings. The molecule has 0 heterocycles. The SMILES string of the molecule is CC(C)COc1ccc(C(N)CCO)cc1. The third-order valence-electron chi connectivity index (χ3n) is 2.33. The number of ether oxygens (including phenoxy) is 1. The topological polar surface area (TPSA) is 55.5 Å². The van der Waals surface area contributed by atoms with Crippen LogP contribution in [0.5, 0.6) is 5.75 Å². The van der Waals surface area contributed by atoms with E-state index in [1.807, 2.05) is 24.3 Å². The van der Waals surface area contributed by atoms with Crippen LogP contribution in [0.25, 0.3) is 0 Å². The molecule has 0 amide bonds. The van der Waals surface area contributed by atoms with E-state index in [4.69, 9.17) is 15.6 Å². The van der Waals surface area contributed by atoms with E-state index in [1.54, 1.807) is 0 Å². The first-order valence-electron chi connectivity index (χ1n) is 5.72. The molecule has 90 valence electrons. The van der Waals surface area contributed by atoms with Gasteiger partial charge in [-0.3, -0.25) is 0 Å². The molecule has 16 heavy (non-hydrogen) atoms. The van der Waals surface area contributed by atoms with Crippen LogP contribution in [0, 0.1) is 5.92 Å². The zero-order valence-electron chi connectivity index (χ0n) is 10.0. The van der Waals surface area contributed by atoms with Crippen molar-refractivity contribution in [1.29, 1.82) is 0 Å². The fraction of sp³-hybridized carbons (Fsp3) is 0.538. The number of nitrogens with two attached hydrogens (primary N) is 1. The van der Waals surface area contributed by atoms with Crippen LogP contribution in [0.3, 0.4) is 0 Å². The number of hydrogen-bond donors (Lipinski definition) is 2. The van der Waals surface area contributed by atoms with Crippen LogP contribution >= 0.6 is 0 Å². The molecule has 0 radical (unpaired) electrons. The Hall–Kier alpha value is -1.06. The molecule has 1 aromatic rings. The van der Waals surface area contributed by atoms with E-state index < -0.39 is 0 Å². The molecule has 1 unspecified atom stereocenters. The molecule has 3 N–H and O–H groups in total. The van der Waals surface area contributed by atoms with E-state index >= 15 is 0 Å². The van der Waals surface area contributed by atoms with Gasteiger partial charge in [0.15, 0.2) is 0 Å². The molecule has 0 aliphatic carbocycles. The Morgan fingerprint density at radius 2 is 1.88 bits per heavy atom. The van der Waals surface area contributed by atoms with Crippen molar-refractivity contribution in [1.82, 2.24) is 0 Å². The monoisotopic (exact) mass is 223 g/mol. The second-order valence-electron chi connectivity index (χ2n) is 4.39. The maximum Gasteiger partial charge on any atom is 0.119 e. The predicted octanol–water partition coefficient (Wildman–Crippen LogP) is 2.10. The predicted molar refractivity (Wildman–Crippen MR) is 65.4 cm³/mol. The number of aliphatic hydroxyl groups excluding tert-OH is 1. The second-order valence-corrected chi connectivity index (χ2v) is 4.39. The zero-order valence-corrected chi connectivity index (χ0v) is 10.0. The molecule has 3 heteroatoms. The molecule has 1 rings (SSSR count). The summed E-state index contributed by atoms with van der Waals surface area (Å²) in [5.74, 6) is 1.39. The van der Waals surface area contributed by atoms with Crippen LogP contribution in [0.15, 0.2) is 24.3 Å². The highest BCUT2D eigenvalue weighted by atomic mass is 16.5. The fourth-order valence-electron chi connectivity index (χ4n) is 1.38. The van der Waals surface area contributed by atoms with Gasteiger partial charge in [-0.2, -0.15) is 0 Å². The van der Waals surface area contributed by atoms with Crippen molar-refractivity contribution in [3.63, 3.8) is 0 Å². The van der Waals surface area contributed by atoms with Gasteiger partial charge in [-0.25, -0.2) is 0 Å². The summed E-state index contributed by atoms with van der Waals surface area (Å²) in [7, 11) is 0. The van der Waals surface area contributed by atoms with Gasteiger partial charge >= 0.3 is 0 Å². The van der Waals surface area contributed by atoms with Gasteiger partial charge in [0, 0.05) is 12.6 Å². The number of benzene rings is 1. The van der Waals surface area contributed by atoms with Crippen LogP contribution in [0.1, 0.15) is 31.9 Å². The smallest absolute Gasteiger partial charge is 0.119 e. The molecule has 3 nitrogen and oxygen atoms in total. The summed E-state index contributed by atoms with van der Waals surface area (Å²) >= 11 is 0. The van der Waals surface area contributed by atoms with Crippen LogP contribution < -0.4 is 10.5 Å². The molecule has 0 saturated heterocycles. The van der Waals surface area contributed by atoms with Crippen molar-refractivity contribution in [2.75, 3.05) is 13.2 Å². The van der Waals surface area contributed by atoms with Gasteiger partial charge in [0.05, 0.1) is 6.61 Å². The molecule has 0 fully saturated rings. The van der Waals surface area contributed by atoms with E-state index in [1.165, 1.54) is 0 Å². The van der Waals surface area contributed by atoms with Crippen LogP contribution in [0.4, 0.5) is 0 Å². The molecule has 0 bridgehead atoms. The van der Waals surface area contributed by atoms with Crippen LogP contribution in [-0.4, -0.2) is 18.3 Å². The average molecular weight is 223 g/mol. The minimum atomic E-state index is -0.0934. The zero-order chi connectivity index (χ0) is 12.0. The Labute approximate surface area is 97.2 Å². The minimum Gasteiger partial charge on any atom is -0.493 e. The third kappa shape index (κ3) is 4.21. The molecule has 0 aliphatic heterocycles.